The summed E-state index contributed by atoms with van der Waals surface area (Å²) in [5.74, 6) is 0. The zero-order chi connectivity index (χ0) is 4.57. The molecule has 1 aliphatic rings. The lowest BCUT2D eigenvalue weighted by Gasteiger charge is -1.72. The molecule has 0 aromatic carbocycles. The Morgan fingerprint density at radius 1 is 2.00 bits per heavy atom. The number of rotatable bonds is 1. The Morgan fingerprint density at radius 3 is 2.50 bits per heavy atom. The first kappa shape index (κ1) is 4.23. The molecule has 1 saturated heterocycles. The van der Waals surface area contributed by atoms with E-state index in [-0.39, 0.29) is 8.61 Å². The van der Waals surface area contributed by atoms with Crippen molar-refractivity contribution in [3.8, 4) is 0 Å². The van der Waals surface area contributed by atoms with Gasteiger partial charge in [-0.3, -0.25) is 4.57 Å². The number of nitrogens with zero attached hydrogens (tertiary/aromatic N) is 1. The van der Waals surface area contributed by atoms with Crippen molar-refractivity contribution in [1.82, 2.24) is 4.67 Å². The van der Waals surface area contributed by atoms with Crippen molar-refractivity contribution >= 4 is 8.61 Å². The fourth-order valence-corrected chi connectivity index (χ4v) is 0.801. The first-order chi connectivity index (χ1) is 2.84. The van der Waals surface area contributed by atoms with Crippen molar-refractivity contribution in [2.45, 2.75) is 13.0 Å². The highest BCUT2D eigenvalue weighted by molar-refractivity contribution is 7.21. The number of hydrogen-bond acceptors (Lipinski definition) is 1. The van der Waals surface area contributed by atoms with Gasteiger partial charge in [-0.05, 0) is 6.92 Å². The zero-order valence-electron chi connectivity index (χ0n) is 3.59. The highest BCUT2D eigenvalue weighted by atomic mass is 31.1. The summed E-state index contributed by atoms with van der Waals surface area (Å²) in [6.07, 6.45) is 0. The maximum atomic E-state index is 9.80. The lowest BCUT2D eigenvalue weighted by molar-refractivity contribution is 0.577. The van der Waals surface area contributed by atoms with Gasteiger partial charge in [0.05, 0.1) is 0 Å². The molecule has 1 heterocycles. The molecule has 1 aliphatic heterocycles. The highest BCUT2D eigenvalue weighted by Gasteiger charge is 2.28. The predicted molar refractivity (Wildman–Crippen MR) is 23.8 cm³/mol. The molecule has 0 aromatic heterocycles. The second-order valence-corrected chi connectivity index (χ2v) is 2.23. The van der Waals surface area contributed by atoms with Crippen LogP contribution in [0, 0.1) is 0 Å². The minimum atomic E-state index is 0.186. The van der Waals surface area contributed by atoms with Gasteiger partial charge in [0.2, 0.25) is 8.61 Å². The van der Waals surface area contributed by atoms with E-state index >= 15 is 0 Å². The average molecular weight is 103 g/mol. The van der Waals surface area contributed by atoms with Crippen LogP contribution in [-0.2, 0) is 4.57 Å². The monoisotopic (exact) mass is 103 g/mol. The SMILES string of the molecule is CC1CN1P=O. The lowest BCUT2D eigenvalue weighted by Crippen LogP contribution is -1.74. The van der Waals surface area contributed by atoms with Gasteiger partial charge in [-0.25, -0.2) is 4.67 Å². The molecule has 0 aromatic rings. The molecule has 0 radical (unpaired) electrons. The van der Waals surface area contributed by atoms with E-state index in [1.807, 2.05) is 11.6 Å². The Morgan fingerprint density at radius 2 is 2.50 bits per heavy atom. The molecule has 6 heavy (non-hydrogen) atoms. The van der Waals surface area contributed by atoms with Crippen molar-refractivity contribution in [3.05, 3.63) is 0 Å². The van der Waals surface area contributed by atoms with Crippen LogP contribution in [0.1, 0.15) is 6.92 Å². The van der Waals surface area contributed by atoms with Crippen molar-refractivity contribution in [3.63, 3.8) is 0 Å². The summed E-state index contributed by atoms with van der Waals surface area (Å²) in [5.41, 5.74) is 0. The standard InChI is InChI=1S/C3H6NOP/c1-3-2-4(3)6-5/h3H,2H2,1H3. The molecule has 2 atom stereocenters. The van der Waals surface area contributed by atoms with Crippen molar-refractivity contribution in [1.29, 1.82) is 0 Å². The molecule has 0 aliphatic carbocycles. The maximum Gasteiger partial charge on any atom is 0.249 e. The van der Waals surface area contributed by atoms with E-state index in [0.29, 0.717) is 6.04 Å². The fourth-order valence-electron chi connectivity index (χ4n) is 0.337. The Labute approximate surface area is 38.4 Å². The summed E-state index contributed by atoms with van der Waals surface area (Å²) in [4.78, 5) is 0. The molecule has 0 N–H and O–H groups in total. The van der Waals surface area contributed by atoms with Crippen LogP contribution in [-0.4, -0.2) is 17.3 Å². The van der Waals surface area contributed by atoms with Crippen LogP contribution in [0.2, 0.25) is 0 Å². The molecule has 0 saturated carbocycles. The summed E-state index contributed by atoms with van der Waals surface area (Å²) in [7, 11) is 0.186. The molecule has 2 unspecified atom stereocenters. The molecule has 1 rings (SSSR count). The van der Waals surface area contributed by atoms with Gasteiger partial charge in [0.25, 0.3) is 0 Å². The normalized spacial score (nSPS) is 43.5. The van der Waals surface area contributed by atoms with Crippen molar-refractivity contribution in [2.75, 3.05) is 6.54 Å². The van der Waals surface area contributed by atoms with Gasteiger partial charge in [-0.1, -0.05) is 0 Å². The Balaban J connectivity index is 2.25. The first-order valence-corrected chi connectivity index (χ1v) is 2.71. The van der Waals surface area contributed by atoms with E-state index in [1.165, 1.54) is 0 Å². The minimum Gasteiger partial charge on any atom is -0.256 e. The molecule has 2 nitrogen and oxygen atoms in total. The van der Waals surface area contributed by atoms with Gasteiger partial charge in [0, 0.05) is 12.6 Å². The fraction of sp³-hybridized carbons (Fsp3) is 1.00. The van der Waals surface area contributed by atoms with Crippen LogP contribution in [0.15, 0.2) is 0 Å². The van der Waals surface area contributed by atoms with Gasteiger partial charge in [0.1, 0.15) is 0 Å². The van der Waals surface area contributed by atoms with E-state index in [4.69, 9.17) is 0 Å². The number of hydrogen-bond donors (Lipinski definition) is 0. The molecule has 0 amide bonds. The quantitative estimate of drug-likeness (QED) is 0.363. The summed E-state index contributed by atoms with van der Waals surface area (Å²) in [6, 6.07) is 0.573. The molecule has 3 heteroatoms. The lowest BCUT2D eigenvalue weighted by atomic mass is 10.6. The van der Waals surface area contributed by atoms with Crippen molar-refractivity contribution in [2.24, 2.45) is 0 Å². The first-order valence-electron chi connectivity index (χ1n) is 1.94. The largest absolute Gasteiger partial charge is 0.256 e. The third kappa shape index (κ3) is 0.585. The summed E-state index contributed by atoms with van der Waals surface area (Å²) < 4.78 is 11.6. The third-order valence-electron chi connectivity index (χ3n) is 0.931. The predicted octanol–water partition coefficient (Wildman–Crippen LogP) is 0.897. The van der Waals surface area contributed by atoms with Crippen molar-refractivity contribution < 1.29 is 4.57 Å². The summed E-state index contributed by atoms with van der Waals surface area (Å²) in [5, 5.41) is 0. The van der Waals surface area contributed by atoms with E-state index in [9.17, 15) is 4.57 Å². The van der Waals surface area contributed by atoms with Gasteiger partial charge < -0.3 is 0 Å². The van der Waals surface area contributed by atoms with Crippen LogP contribution in [0.3, 0.4) is 0 Å². The van der Waals surface area contributed by atoms with Crippen LogP contribution < -0.4 is 0 Å². The Hall–Kier alpha value is 0.0600. The molecule has 1 fully saturated rings. The average Bonchev–Trinajstić information content (AvgIpc) is 2.19. The van der Waals surface area contributed by atoms with E-state index in [0.717, 1.165) is 6.54 Å². The zero-order valence-corrected chi connectivity index (χ0v) is 4.48. The van der Waals surface area contributed by atoms with Crippen LogP contribution in [0.4, 0.5) is 0 Å². The Bertz CT molecular complexity index is 75.2. The van der Waals surface area contributed by atoms with Gasteiger partial charge in [-0.15, -0.1) is 0 Å². The van der Waals surface area contributed by atoms with Gasteiger partial charge in [0.15, 0.2) is 0 Å². The minimum absolute atomic E-state index is 0.186. The van der Waals surface area contributed by atoms with E-state index in [1.54, 1.807) is 0 Å². The maximum absolute atomic E-state index is 9.80. The highest BCUT2D eigenvalue weighted by Crippen LogP contribution is 2.24. The van der Waals surface area contributed by atoms with Crippen LogP contribution in [0.25, 0.3) is 0 Å². The van der Waals surface area contributed by atoms with Crippen LogP contribution >= 0.6 is 8.61 Å². The molecule has 0 spiro atoms. The molecule has 34 valence electrons. The smallest absolute Gasteiger partial charge is 0.249 e. The molecular weight excluding hydrogens is 97.0 g/mol. The van der Waals surface area contributed by atoms with Gasteiger partial charge in [-0.2, -0.15) is 0 Å². The van der Waals surface area contributed by atoms with Crippen LogP contribution in [0.5, 0.6) is 0 Å². The third-order valence-corrected chi connectivity index (χ3v) is 1.70. The molecular formula is C3H6NOP. The molecule has 0 bridgehead atoms. The summed E-state index contributed by atoms with van der Waals surface area (Å²) in [6.45, 7) is 3.05. The second-order valence-electron chi connectivity index (χ2n) is 1.55. The Kier molecular flexibility index (Phi) is 0.904. The van der Waals surface area contributed by atoms with Gasteiger partial charge >= 0.3 is 0 Å². The van der Waals surface area contributed by atoms with E-state index in [2.05, 4.69) is 0 Å². The second kappa shape index (κ2) is 1.28. The van der Waals surface area contributed by atoms with E-state index < -0.39 is 0 Å². The summed E-state index contributed by atoms with van der Waals surface area (Å²) >= 11 is 0. The topological polar surface area (TPSA) is 20.1 Å².